The standard InChI is InChI=1S/C16H18O3S/c1-2-19-14-7-5-13(6-8-14)16(17)12-18-10-9-15-4-3-11-20-15/h3-8,11H,2,9-10,12H2,1H3. The Morgan fingerprint density at radius 1 is 1.20 bits per heavy atom. The minimum Gasteiger partial charge on any atom is -0.494 e. The van der Waals surface area contributed by atoms with Gasteiger partial charge in [-0.1, -0.05) is 6.07 Å². The summed E-state index contributed by atoms with van der Waals surface area (Å²) < 4.78 is 10.8. The van der Waals surface area contributed by atoms with Gasteiger partial charge in [0.2, 0.25) is 0 Å². The highest BCUT2D eigenvalue weighted by atomic mass is 32.1. The normalized spacial score (nSPS) is 10.4. The first-order valence-corrected chi connectivity index (χ1v) is 7.53. The van der Waals surface area contributed by atoms with Gasteiger partial charge in [-0.05, 0) is 42.6 Å². The molecule has 106 valence electrons. The van der Waals surface area contributed by atoms with Gasteiger partial charge in [-0.25, -0.2) is 0 Å². The molecule has 0 atom stereocenters. The van der Waals surface area contributed by atoms with Gasteiger partial charge in [0.25, 0.3) is 0 Å². The molecule has 1 heterocycles. The second-order valence-corrected chi connectivity index (χ2v) is 5.29. The lowest BCUT2D eigenvalue weighted by Crippen LogP contribution is -2.10. The maximum atomic E-state index is 11.9. The molecule has 2 rings (SSSR count). The summed E-state index contributed by atoms with van der Waals surface area (Å²) in [6.07, 6.45) is 0.855. The Balaban J connectivity index is 1.73. The summed E-state index contributed by atoms with van der Waals surface area (Å²) in [4.78, 5) is 13.2. The van der Waals surface area contributed by atoms with Crippen LogP contribution in [0.15, 0.2) is 41.8 Å². The molecule has 0 aliphatic carbocycles. The van der Waals surface area contributed by atoms with Gasteiger partial charge in [0.15, 0.2) is 5.78 Å². The summed E-state index contributed by atoms with van der Waals surface area (Å²) in [6, 6.07) is 11.3. The molecule has 0 bridgehead atoms. The van der Waals surface area contributed by atoms with Crippen molar-refractivity contribution in [2.45, 2.75) is 13.3 Å². The maximum absolute atomic E-state index is 11.9. The molecule has 1 aromatic heterocycles. The highest BCUT2D eigenvalue weighted by molar-refractivity contribution is 7.09. The van der Waals surface area contributed by atoms with Crippen molar-refractivity contribution in [3.05, 3.63) is 52.2 Å². The number of benzene rings is 1. The van der Waals surface area contributed by atoms with Crippen LogP contribution in [0, 0.1) is 0 Å². The molecule has 0 N–H and O–H groups in total. The lowest BCUT2D eigenvalue weighted by molar-refractivity contribution is 0.0766. The molecule has 3 nitrogen and oxygen atoms in total. The van der Waals surface area contributed by atoms with Crippen LogP contribution >= 0.6 is 11.3 Å². The predicted octanol–water partition coefficient (Wildman–Crippen LogP) is 3.59. The van der Waals surface area contributed by atoms with Crippen molar-refractivity contribution in [3.8, 4) is 5.75 Å². The average molecular weight is 290 g/mol. The number of thiophene rings is 1. The topological polar surface area (TPSA) is 35.5 Å². The third-order valence-corrected chi connectivity index (χ3v) is 3.73. The van der Waals surface area contributed by atoms with Gasteiger partial charge in [-0.15, -0.1) is 11.3 Å². The molecular weight excluding hydrogens is 272 g/mol. The molecule has 4 heteroatoms. The molecule has 0 aliphatic rings. The molecular formula is C16H18O3S. The van der Waals surface area contributed by atoms with Gasteiger partial charge in [-0.2, -0.15) is 0 Å². The average Bonchev–Trinajstić information content (AvgIpc) is 2.98. The molecule has 0 spiro atoms. The fourth-order valence-corrected chi connectivity index (χ4v) is 2.47. The number of Topliss-reactive ketones (excluding diaryl/α,β-unsaturated/α-hetero) is 1. The van der Waals surface area contributed by atoms with Gasteiger partial charge in [0.05, 0.1) is 13.2 Å². The Bertz CT molecular complexity index is 517. The molecule has 0 aliphatic heterocycles. The van der Waals surface area contributed by atoms with E-state index >= 15 is 0 Å². The van der Waals surface area contributed by atoms with Crippen molar-refractivity contribution in [3.63, 3.8) is 0 Å². The van der Waals surface area contributed by atoms with E-state index in [0.29, 0.717) is 18.8 Å². The van der Waals surface area contributed by atoms with E-state index in [-0.39, 0.29) is 12.4 Å². The fraction of sp³-hybridized carbons (Fsp3) is 0.312. The van der Waals surface area contributed by atoms with Gasteiger partial charge in [0.1, 0.15) is 12.4 Å². The smallest absolute Gasteiger partial charge is 0.188 e. The fourth-order valence-electron chi connectivity index (χ4n) is 1.78. The van der Waals surface area contributed by atoms with Crippen molar-refractivity contribution in [2.75, 3.05) is 19.8 Å². The number of hydrogen-bond acceptors (Lipinski definition) is 4. The third kappa shape index (κ3) is 4.47. The van der Waals surface area contributed by atoms with E-state index in [0.717, 1.165) is 12.2 Å². The Morgan fingerprint density at radius 2 is 2.00 bits per heavy atom. The second-order valence-electron chi connectivity index (χ2n) is 4.26. The van der Waals surface area contributed by atoms with Crippen molar-refractivity contribution in [2.24, 2.45) is 0 Å². The van der Waals surface area contributed by atoms with Crippen LogP contribution in [-0.2, 0) is 11.2 Å². The summed E-state index contributed by atoms with van der Waals surface area (Å²) in [6.45, 7) is 3.25. The lowest BCUT2D eigenvalue weighted by Gasteiger charge is -2.05. The number of ether oxygens (including phenoxy) is 2. The first-order chi connectivity index (χ1) is 9.79. The van der Waals surface area contributed by atoms with Crippen LogP contribution in [0.1, 0.15) is 22.2 Å². The molecule has 0 unspecified atom stereocenters. The van der Waals surface area contributed by atoms with Gasteiger partial charge in [0, 0.05) is 16.9 Å². The highest BCUT2D eigenvalue weighted by Crippen LogP contribution is 2.13. The maximum Gasteiger partial charge on any atom is 0.188 e. The first kappa shape index (κ1) is 14.8. The number of hydrogen-bond donors (Lipinski definition) is 0. The van der Waals surface area contributed by atoms with Gasteiger partial charge < -0.3 is 9.47 Å². The van der Waals surface area contributed by atoms with Crippen LogP contribution < -0.4 is 4.74 Å². The number of ketones is 1. The van der Waals surface area contributed by atoms with Crippen molar-refractivity contribution < 1.29 is 14.3 Å². The third-order valence-electron chi connectivity index (χ3n) is 2.79. The quantitative estimate of drug-likeness (QED) is 0.550. The van der Waals surface area contributed by atoms with E-state index in [4.69, 9.17) is 9.47 Å². The highest BCUT2D eigenvalue weighted by Gasteiger charge is 2.06. The van der Waals surface area contributed by atoms with Crippen LogP contribution in [0.5, 0.6) is 5.75 Å². The molecule has 0 radical (unpaired) electrons. The van der Waals surface area contributed by atoms with Crippen LogP contribution in [0.2, 0.25) is 0 Å². The van der Waals surface area contributed by atoms with Crippen molar-refractivity contribution in [1.82, 2.24) is 0 Å². The Labute approximate surface area is 123 Å². The Hall–Kier alpha value is -1.65. The van der Waals surface area contributed by atoms with E-state index in [9.17, 15) is 4.79 Å². The van der Waals surface area contributed by atoms with Crippen LogP contribution in [0.3, 0.4) is 0 Å². The molecule has 0 saturated heterocycles. The molecule has 0 fully saturated rings. The van der Waals surface area contributed by atoms with Crippen molar-refractivity contribution in [1.29, 1.82) is 0 Å². The monoisotopic (exact) mass is 290 g/mol. The molecule has 2 aromatic rings. The summed E-state index contributed by atoms with van der Waals surface area (Å²) in [7, 11) is 0. The molecule has 0 amide bonds. The number of rotatable bonds is 8. The number of carbonyl (C=O) groups is 1. The van der Waals surface area contributed by atoms with Gasteiger partial charge >= 0.3 is 0 Å². The largest absolute Gasteiger partial charge is 0.494 e. The zero-order valence-electron chi connectivity index (χ0n) is 11.5. The Morgan fingerprint density at radius 3 is 2.65 bits per heavy atom. The van der Waals surface area contributed by atoms with Gasteiger partial charge in [-0.3, -0.25) is 4.79 Å². The van der Waals surface area contributed by atoms with E-state index < -0.39 is 0 Å². The van der Waals surface area contributed by atoms with E-state index in [1.807, 2.05) is 30.5 Å². The zero-order valence-corrected chi connectivity index (χ0v) is 12.3. The SMILES string of the molecule is CCOc1ccc(C(=O)COCCc2cccs2)cc1. The number of carbonyl (C=O) groups excluding carboxylic acids is 1. The predicted molar refractivity (Wildman–Crippen MR) is 80.8 cm³/mol. The lowest BCUT2D eigenvalue weighted by atomic mass is 10.1. The summed E-state index contributed by atoms with van der Waals surface area (Å²) in [5.41, 5.74) is 0.657. The van der Waals surface area contributed by atoms with E-state index in [2.05, 4.69) is 6.07 Å². The molecule has 20 heavy (non-hydrogen) atoms. The van der Waals surface area contributed by atoms with Crippen LogP contribution in [0.4, 0.5) is 0 Å². The van der Waals surface area contributed by atoms with Crippen LogP contribution in [-0.4, -0.2) is 25.6 Å². The Kier molecular flexibility index (Phi) is 5.77. The first-order valence-electron chi connectivity index (χ1n) is 6.66. The second kappa shape index (κ2) is 7.82. The molecule has 1 aromatic carbocycles. The van der Waals surface area contributed by atoms with Crippen LogP contribution in [0.25, 0.3) is 0 Å². The van der Waals surface area contributed by atoms with Crippen molar-refractivity contribution >= 4 is 17.1 Å². The molecule has 0 saturated carbocycles. The van der Waals surface area contributed by atoms with E-state index in [1.54, 1.807) is 23.5 Å². The minimum atomic E-state index is -0.000715. The minimum absolute atomic E-state index is 0.000715. The summed E-state index contributed by atoms with van der Waals surface area (Å²) in [5, 5.41) is 2.04. The summed E-state index contributed by atoms with van der Waals surface area (Å²) in [5.74, 6) is 0.780. The summed E-state index contributed by atoms with van der Waals surface area (Å²) >= 11 is 1.71. The van der Waals surface area contributed by atoms with E-state index in [1.165, 1.54) is 4.88 Å². The zero-order chi connectivity index (χ0) is 14.2.